The number of ether oxygens (including phenoxy) is 1. The highest BCUT2D eigenvalue weighted by Crippen LogP contribution is 2.21. The molecule has 2 atom stereocenters. The molecule has 0 aromatic carbocycles. The molecule has 4 heteroatoms. The molecule has 0 aromatic rings. The molecule has 0 bridgehead atoms. The summed E-state index contributed by atoms with van der Waals surface area (Å²) in [5.74, 6) is 0. The van der Waals surface area contributed by atoms with Gasteiger partial charge in [0.25, 0.3) is 0 Å². The molecule has 3 aliphatic heterocycles. The Balaban J connectivity index is 1.52. The molecule has 0 aromatic heterocycles. The molecule has 3 heterocycles. The van der Waals surface area contributed by atoms with E-state index < -0.39 is 0 Å². The summed E-state index contributed by atoms with van der Waals surface area (Å²) in [6.45, 7) is 9.41. The summed E-state index contributed by atoms with van der Waals surface area (Å²) < 4.78 is 5.93. The third-order valence-corrected chi connectivity index (χ3v) is 4.94. The second-order valence-electron chi connectivity index (χ2n) is 6.55. The third kappa shape index (κ3) is 3.69. The lowest BCUT2D eigenvalue weighted by Gasteiger charge is -2.37. The molecule has 0 radical (unpaired) electrons. The van der Waals surface area contributed by atoms with Crippen LogP contribution in [0.5, 0.6) is 0 Å². The van der Waals surface area contributed by atoms with Crippen molar-refractivity contribution in [2.24, 2.45) is 0 Å². The molecular weight excluding hydrogens is 238 g/mol. The van der Waals surface area contributed by atoms with Crippen LogP contribution in [0.15, 0.2) is 0 Å². The molecule has 3 aliphatic rings. The fraction of sp³-hybridized carbons (Fsp3) is 1.00. The van der Waals surface area contributed by atoms with Gasteiger partial charge < -0.3 is 9.64 Å². The van der Waals surface area contributed by atoms with Crippen molar-refractivity contribution in [1.82, 2.24) is 14.7 Å². The van der Waals surface area contributed by atoms with Crippen LogP contribution in [0.25, 0.3) is 0 Å². The van der Waals surface area contributed by atoms with Crippen molar-refractivity contribution in [2.75, 3.05) is 59.5 Å². The van der Waals surface area contributed by atoms with Gasteiger partial charge in [0.15, 0.2) is 0 Å². The number of rotatable bonds is 2. The number of hydrogen-bond acceptors (Lipinski definition) is 4. The highest BCUT2D eigenvalue weighted by Gasteiger charge is 2.29. The van der Waals surface area contributed by atoms with E-state index in [9.17, 15) is 0 Å². The quantitative estimate of drug-likeness (QED) is 0.739. The topological polar surface area (TPSA) is 19.0 Å². The molecule has 19 heavy (non-hydrogen) atoms. The molecule has 2 unspecified atom stereocenters. The van der Waals surface area contributed by atoms with E-state index in [4.69, 9.17) is 4.74 Å². The van der Waals surface area contributed by atoms with Gasteiger partial charge in [-0.25, -0.2) is 0 Å². The first-order valence-corrected chi connectivity index (χ1v) is 8.08. The lowest BCUT2D eigenvalue weighted by molar-refractivity contribution is -0.0368. The normalized spacial score (nSPS) is 35.8. The zero-order valence-corrected chi connectivity index (χ0v) is 12.4. The highest BCUT2D eigenvalue weighted by atomic mass is 16.5. The molecule has 3 rings (SSSR count). The van der Waals surface area contributed by atoms with Crippen molar-refractivity contribution in [1.29, 1.82) is 0 Å². The monoisotopic (exact) mass is 267 g/mol. The first-order chi connectivity index (χ1) is 9.31. The molecule has 0 spiro atoms. The fourth-order valence-electron chi connectivity index (χ4n) is 3.88. The lowest BCUT2D eigenvalue weighted by Crippen LogP contribution is -2.49. The van der Waals surface area contributed by atoms with Gasteiger partial charge in [-0.3, -0.25) is 9.80 Å². The summed E-state index contributed by atoms with van der Waals surface area (Å²) in [6.07, 6.45) is 6.00. The molecule has 0 amide bonds. The first-order valence-electron chi connectivity index (χ1n) is 8.08. The van der Waals surface area contributed by atoms with Crippen LogP contribution in [-0.4, -0.2) is 86.3 Å². The van der Waals surface area contributed by atoms with Crippen LogP contribution < -0.4 is 0 Å². The largest absolute Gasteiger partial charge is 0.374 e. The van der Waals surface area contributed by atoms with Crippen molar-refractivity contribution >= 4 is 0 Å². The molecule has 3 saturated heterocycles. The number of morpholine rings is 1. The molecule has 0 N–H and O–H groups in total. The molecular formula is C15H29N3O. The summed E-state index contributed by atoms with van der Waals surface area (Å²) in [5, 5.41) is 0. The molecule has 3 fully saturated rings. The Morgan fingerprint density at radius 2 is 1.89 bits per heavy atom. The van der Waals surface area contributed by atoms with E-state index in [-0.39, 0.29) is 0 Å². The molecule has 110 valence electrons. The summed E-state index contributed by atoms with van der Waals surface area (Å²) in [6, 6.07) is 0.817. The number of piperidine rings is 1. The van der Waals surface area contributed by atoms with Gasteiger partial charge >= 0.3 is 0 Å². The van der Waals surface area contributed by atoms with E-state index in [1.54, 1.807) is 0 Å². The summed E-state index contributed by atoms with van der Waals surface area (Å²) in [5.41, 5.74) is 0. The van der Waals surface area contributed by atoms with Crippen LogP contribution in [0.1, 0.15) is 25.7 Å². The summed E-state index contributed by atoms with van der Waals surface area (Å²) in [4.78, 5) is 7.80. The van der Waals surface area contributed by atoms with E-state index in [1.807, 2.05) is 0 Å². The maximum absolute atomic E-state index is 5.93. The van der Waals surface area contributed by atoms with Crippen LogP contribution >= 0.6 is 0 Å². The van der Waals surface area contributed by atoms with Gasteiger partial charge in [0, 0.05) is 32.2 Å². The smallest absolute Gasteiger partial charge is 0.0829 e. The Labute approximate surface area is 117 Å². The Bertz CT molecular complexity index is 287. The SMILES string of the molecule is CN1CCOC(CN2CCCN3CCCCC3C2)C1. The Morgan fingerprint density at radius 3 is 2.79 bits per heavy atom. The minimum absolute atomic E-state index is 0.425. The van der Waals surface area contributed by atoms with Gasteiger partial charge in [0.1, 0.15) is 0 Å². The Morgan fingerprint density at radius 1 is 1.00 bits per heavy atom. The summed E-state index contributed by atoms with van der Waals surface area (Å²) in [7, 11) is 2.21. The van der Waals surface area contributed by atoms with Crippen molar-refractivity contribution in [3.05, 3.63) is 0 Å². The zero-order chi connectivity index (χ0) is 13.1. The Hall–Kier alpha value is -0.160. The number of likely N-dealkylation sites (N-methyl/N-ethyl adjacent to an activating group) is 1. The van der Waals surface area contributed by atoms with Gasteiger partial charge in [-0.1, -0.05) is 6.42 Å². The summed E-state index contributed by atoms with van der Waals surface area (Å²) >= 11 is 0. The number of hydrogen-bond donors (Lipinski definition) is 0. The van der Waals surface area contributed by atoms with E-state index in [2.05, 4.69) is 21.7 Å². The predicted molar refractivity (Wildman–Crippen MR) is 77.5 cm³/mol. The maximum Gasteiger partial charge on any atom is 0.0829 e. The predicted octanol–water partition coefficient (Wildman–Crippen LogP) is 0.877. The van der Waals surface area contributed by atoms with Crippen molar-refractivity contribution in [3.63, 3.8) is 0 Å². The third-order valence-electron chi connectivity index (χ3n) is 4.94. The molecule has 0 saturated carbocycles. The van der Waals surface area contributed by atoms with Crippen molar-refractivity contribution < 1.29 is 4.74 Å². The standard InChI is InChI=1S/C15H29N3O/c1-16-9-10-19-15(12-16)13-17-6-4-8-18-7-3-2-5-14(18)11-17/h14-15H,2-13H2,1H3. The molecule has 0 aliphatic carbocycles. The molecule has 4 nitrogen and oxygen atoms in total. The number of fused-ring (bicyclic) bond motifs is 1. The van der Waals surface area contributed by atoms with Crippen molar-refractivity contribution in [3.8, 4) is 0 Å². The van der Waals surface area contributed by atoms with Gasteiger partial charge in [0.05, 0.1) is 12.7 Å². The van der Waals surface area contributed by atoms with Crippen LogP contribution in [0, 0.1) is 0 Å². The Kier molecular flexibility index (Phi) is 4.74. The first kappa shape index (κ1) is 13.8. The van der Waals surface area contributed by atoms with Crippen LogP contribution in [-0.2, 0) is 4.74 Å². The fourth-order valence-corrected chi connectivity index (χ4v) is 3.88. The second kappa shape index (κ2) is 6.53. The van der Waals surface area contributed by atoms with E-state index in [0.29, 0.717) is 6.10 Å². The van der Waals surface area contributed by atoms with Crippen molar-refractivity contribution in [2.45, 2.75) is 37.8 Å². The van der Waals surface area contributed by atoms with E-state index in [0.717, 1.165) is 32.3 Å². The van der Waals surface area contributed by atoms with Crippen LogP contribution in [0.4, 0.5) is 0 Å². The minimum Gasteiger partial charge on any atom is -0.374 e. The van der Waals surface area contributed by atoms with Gasteiger partial charge in [-0.05, 0) is 45.9 Å². The van der Waals surface area contributed by atoms with Gasteiger partial charge in [0.2, 0.25) is 0 Å². The van der Waals surface area contributed by atoms with Gasteiger partial charge in [-0.15, -0.1) is 0 Å². The average Bonchev–Trinajstić information content (AvgIpc) is 2.60. The van der Waals surface area contributed by atoms with E-state index in [1.165, 1.54) is 51.9 Å². The van der Waals surface area contributed by atoms with E-state index >= 15 is 0 Å². The maximum atomic E-state index is 5.93. The zero-order valence-electron chi connectivity index (χ0n) is 12.4. The van der Waals surface area contributed by atoms with Crippen LogP contribution in [0.3, 0.4) is 0 Å². The van der Waals surface area contributed by atoms with Crippen LogP contribution in [0.2, 0.25) is 0 Å². The average molecular weight is 267 g/mol. The highest BCUT2D eigenvalue weighted by molar-refractivity contribution is 4.84. The minimum atomic E-state index is 0.425. The number of nitrogens with zero attached hydrogens (tertiary/aromatic N) is 3. The second-order valence-corrected chi connectivity index (χ2v) is 6.55. The van der Waals surface area contributed by atoms with Gasteiger partial charge in [-0.2, -0.15) is 0 Å². The lowest BCUT2D eigenvalue weighted by atomic mass is 10.0.